The van der Waals surface area contributed by atoms with Crippen LogP contribution in [0.5, 0.6) is 5.75 Å². The van der Waals surface area contributed by atoms with Gasteiger partial charge in [-0.25, -0.2) is 5.43 Å². The molecular weight excluding hydrogens is 415 g/mol. The Morgan fingerprint density at radius 2 is 1.92 bits per heavy atom. The maximum Gasteiger partial charge on any atom is 0.271 e. The van der Waals surface area contributed by atoms with Gasteiger partial charge in [-0.2, -0.15) is 5.10 Å². The minimum atomic E-state index is -0.222. The Balaban J connectivity index is 2.15. The van der Waals surface area contributed by atoms with Crippen LogP contribution in [0.15, 0.2) is 53.6 Å². The molecule has 0 aliphatic rings. The van der Waals surface area contributed by atoms with Gasteiger partial charge < -0.3 is 4.74 Å². The lowest BCUT2D eigenvalue weighted by molar-refractivity contribution is 0.0954. The molecule has 0 heterocycles. The van der Waals surface area contributed by atoms with Crippen LogP contribution in [0, 0.1) is 3.57 Å². The topological polar surface area (TPSA) is 50.7 Å². The van der Waals surface area contributed by atoms with Crippen molar-refractivity contribution in [3.63, 3.8) is 0 Å². The van der Waals surface area contributed by atoms with E-state index in [0.717, 1.165) is 39.9 Å². The molecule has 0 fully saturated rings. The average molecular weight is 436 g/mol. The first-order valence-electron chi connectivity index (χ1n) is 7.91. The summed E-state index contributed by atoms with van der Waals surface area (Å²) >= 11 is 2.15. The quantitative estimate of drug-likeness (QED) is 0.391. The summed E-state index contributed by atoms with van der Waals surface area (Å²) in [5, 5.41) is 4.36. The van der Waals surface area contributed by atoms with Crippen molar-refractivity contribution < 1.29 is 9.53 Å². The molecule has 2 aromatic rings. The van der Waals surface area contributed by atoms with Gasteiger partial charge in [0.2, 0.25) is 0 Å². The molecule has 0 unspecified atom stereocenters. The van der Waals surface area contributed by atoms with E-state index in [-0.39, 0.29) is 5.91 Å². The number of methoxy groups -OCH3 is 1. The van der Waals surface area contributed by atoms with Crippen LogP contribution in [0.4, 0.5) is 0 Å². The third-order valence-electron chi connectivity index (χ3n) is 3.58. The Bertz CT molecular complexity index is 715. The van der Waals surface area contributed by atoms with Gasteiger partial charge in [-0.1, -0.05) is 43.7 Å². The Morgan fingerprint density at radius 3 is 2.54 bits per heavy atom. The fourth-order valence-electron chi connectivity index (χ4n) is 2.23. The molecule has 0 atom stereocenters. The zero-order chi connectivity index (χ0) is 17.4. The van der Waals surface area contributed by atoms with Crippen molar-refractivity contribution in [3.8, 4) is 5.75 Å². The van der Waals surface area contributed by atoms with Crippen molar-refractivity contribution in [2.75, 3.05) is 7.11 Å². The molecule has 0 aromatic heterocycles. The van der Waals surface area contributed by atoms with E-state index in [4.69, 9.17) is 4.74 Å². The molecule has 126 valence electrons. The van der Waals surface area contributed by atoms with Gasteiger partial charge in [-0.05, 0) is 59.2 Å². The average Bonchev–Trinajstić information content (AvgIpc) is 2.62. The Kier molecular flexibility index (Phi) is 7.24. The van der Waals surface area contributed by atoms with E-state index in [1.807, 2.05) is 30.3 Å². The normalized spacial score (nSPS) is 11.2. The van der Waals surface area contributed by atoms with Crippen LogP contribution in [0.2, 0.25) is 0 Å². The third kappa shape index (κ3) is 5.06. The number of unbranched alkanes of at least 4 members (excludes halogenated alkanes) is 1. The van der Waals surface area contributed by atoms with Gasteiger partial charge in [0.1, 0.15) is 5.75 Å². The van der Waals surface area contributed by atoms with Gasteiger partial charge in [0.25, 0.3) is 5.91 Å². The van der Waals surface area contributed by atoms with Gasteiger partial charge in [-0.15, -0.1) is 0 Å². The molecule has 0 bridgehead atoms. The van der Waals surface area contributed by atoms with Crippen molar-refractivity contribution in [1.82, 2.24) is 5.43 Å². The molecule has 1 amide bonds. The number of benzene rings is 2. The second kappa shape index (κ2) is 9.42. The van der Waals surface area contributed by atoms with Crippen LogP contribution >= 0.6 is 22.6 Å². The number of nitrogens with one attached hydrogen (secondary N) is 1. The molecule has 0 radical (unpaired) electrons. The summed E-state index contributed by atoms with van der Waals surface area (Å²) in [4.78, 5) is 12.3. The Hall–Kier alpha value is -1.89. The molecule has 0 spiro atoms. The number of hydrazone groups is 1. The van der Waals surface area contributed by atoms with E-state index in [1.165, 1.54) is 0 Å². The summed E-state index contributed by atoms with van der Waals surface area (Å²) in [7, 11) is 1.61. The number of hydrogen-bond acceptors (Lipinski definition) is 3. The van der Waals surface area contributed by atoms with Crippen molar-refractivity contribution in [2.24, 2.45) is 5.10 Å². The fraction of sp³-hybridized carbons (Fsp3) is 0.263. The van der Waals surface area contributed by atoms with E-state index in [2.05, 4.69) is 40.0 Å². The van der Waals surface area contributed by atoms with Gasteiger partial charge in [-0.3, -0.25) is 4.79 Å². The highest BCUT2D eigenvalue weighted by molar-refractivity contribution is 14.1. The minimum Gasteiger partial charge on any atom is -0.496 e. The molecule has 5 heteroatoms. The molecule has 0 aliphatic heterocycles. The lowest BCUT2D eigenvalue weighted by Gasteiger charge is -2.08. The predicted octanol–water partition coefficient (Wildman–Crippen LogP) is 4.62. The molecule has 0 saturated heterocycles. The number of carbonyl (C=O) groups is 1. The number of ether oxygens (including phenoxy) is 1. The maximum absolute atomic E-state index is 12.3. The summed E-state index contributed by atoms with van der Waals surface area (Å²) in [6.07, 6.45) is 2.95. The number of hydrogen-bond donors (Lipinski definition) is 1. The standard InChI is InChI=1S/C19H21IN2O2/c1-3-4-10-17(14-8-6-5-7-9-14)21-22-19(23)15-11-12-18(24-2)16(20)13-15/h5-9,11-13H,3-4,10H2,1-2H3,(H,22,23)/b21-17-. The van der Waals surface area contributed by atoms with E-state index in [9.17, 15) is 4.79 Å². The van der Waals surface area contributed by atoms with Crippen LogP contribution in [-0.4, -0.2) is 18.7 Å². The minimum absolute atomic E-state index is 0.222. The summed E-state index contributed by atoms with van der Waals surface area (Å²) in [6, 6.07) is 15.3. The van der Waals surface area contributed by atoms with Crippen molar-refractivity contribution in [3.05, 3.63) is 63.2 Å². The predicted molar refractivity (Wildman–Crippen MR) is 106 cm³/mol. The van der Waals surface area contributed by atoms with Gasteiger partial charge in [0.15, 0.2) is 0 Å². The SMILES string of the molecule is CCCC/C(=N/NC(=O)c1ccc(OC)c(I)c1)c1ccccc1. The molecule has 1 N–H and O–H groups in total. The number of halogens is 1. The zero-order valence-corrected chi connectivity index (χ0v) is 16.0. The summed E-state index contributed by atoms with van der Waals surface area (Å²) in [5.41, 5.74) is 5.17. The molecule has 4 nitrogen and oxygen atoms in total. The summed E-state index contributed by atoms with van der Waals surface area (Å²) in [6.45, 7) is 2.14. The molecular formula is C19H21IN2O2. The first kappa shape index (κ1) is 18.4. The smallest absolute Gasteiger partial charge is 0.271 e. The van der Waals surface area contributed by atoms with E-state index >= 15 is 0 Å². The monoisotopic (exact) mass is 436 g/mol. The van der Waals surface area contributed by atoms with Crippen molar-refractivity contribution >= 4 is 34.2 Å². The number of nitrogens with zero attached hydrogens (tertiary/aromatic N) is 1. The van der Waals surface area contributed by atoms with Crippen molar-refractivity contribution in [2.45, 2.75) is 26.2 Å². The third-order valence-corrected chi connectivity index (χ3v) is 4.42. The largest absolute Gasteiger partial charge is 0.496 e. The van der Waals surface area contributed by atoms with Gasteiger partial charge in [0, 0.05) is 5.56 Å². The first-order chi connectivity index (χ1) is 11.7. The lowest BCUT2D eigenvalue weighted by Crippen LogP contribution is -2.20. The molecule has 0 aliphatic carbocycles. The lowest BCUT2D eigenvalue weighted by atomic mass is 10.1. The highest BCUT2D eigenvalue weighted by Crippen LogP contribution is 2.21. The fourth-order valence-corrected chi connectivity index (χ4v) is 2.97. The van der Waals surface area contributed by atoms with Crippen LogP contribution in [0.25, 0.3) is 0 Å². The highest BCUT2D eigenvalue weighted by atomic mass is 127. The van der Waals surface area contributed by atoms with Gasteiger partial charge >= 0.3 is 0 Å². The molecule has 0 saturated carbocycles. The number of rotatable bonds is 7. The maximum atomic E-state index is 12.3. The zero-order valence-electron chi connectivity index (χ0n) is 13.9. The molecule has 24 heavy (non-hydrogen) atoms. The van der Waals surface area contributed by atoms with Crippen molar-refractivity contribution in [1.29, 1.82) is 0 Å². The van der Waals surface area contributed by atoms with Crippen LogP contribution in [-0.2, 0) is 0 Å². The van der Waals surface area contributed by atoms with E-state index in [0.29, 0.717) is 5.56 Å². The summed E-state index contributed by atoms with van der Waals surface area (Å²) in [5.74, 6) is 0.532. The molecule has 2 aromatic carbocycles. The highest BCUT2D eigenvalue weighted by Gasteiger charge is 2.09. The Morgan fingerprint density at radius 1 is 1.17 bits per heavy atom. The van der Waals surface area contributed by atoms with Crippen LogP contribution in [0.3, 0.4) is 0 Å². The Labute approximate surface area is 156 Å². The number of amides is 1. The first-order valence-corrected chi connectivity index (χ1v) is 8.99. The second-order valence-corrected chi connectivity index (χ2v) is 6.48. The van der Waals surface area contributed by atoms with Gasteiger partial charge in [0.05, 0.1) is 16.4 Å². The second-order valence-electron chi connectivity index (χ2n) is 5.32. The van der Waals surface area contributed by atoms with E-state index in [1.54, 1.807) is 25.3 Å². The van der Waals surface area contributed by atoms with E-state index < -0.39 is 0 Å². The number of carbonyl (C=O) groups excluding carboxylic acids is 1. The summed E-state index contributed by atoms with van der Waals surface area (Å²) < 4.78 is 6.10. The molecule has 2 rings (SSSR count). The van der Waals surface area contributed by atoms with Crippen LogP contribution < -0.4 is 10.2 Å². The van der Waals surface area contributed by atoms with Crippen LogP contribution in [0.1, 0.15) is 42.1 Å².